The second-order valence-electron chi connectivity index (χ2n) is 2.89. The molecule has 1 rings (SSSR count). The van der Waals surface area contributed by atoms with Gasteiger partial charge in [-0.2, -0.15) is 0 Å². The highest BCUT2D eigenvalue weighted by Gasteiger charge is 2.14. The van der Waals surface area contributed by atoms with Crippen LogP contribution in [0.15, 0.2) is 12.1 Å². The Labute approximate surface area is 92.8 Å². The van der Waals surface area contributed by atoms with Gasteiger partial charge < -0.3 is 4.74 Å². The van der Waals surface area contributed by atoms with Crippen molar-refractivity contribution in [3.8, 4) is 0 Å². The topological polar surface area (TPSA) is 26.3 Å². The molecule has 1 aromatic rings. The van der Waals surface area contributed by atoms with Crippen LogP contribution in [0.3, 0.4) is 0 Å². The molecule has 0 aliphatic rings. The Balaban J connectivity index is 3.25. The Kier molecular flexibility index (Phi) is 3.78. The lowest BCUT2D eigenvalue weighted by Crippen LogP contribution is -2.05. The van der Waals surface area contributed by atoms with E-state index in [0.29, 0.717) is 16.5 Å². The van der Waals surface area contributed by atoms with Gasteiger partial charge >= 0.3 is 5.97 Å². The number of aryl methyl sites for hydroxylation is 1. The van der Waals surface area contributed by atoms with Crippen LogP contribution in [0.4, 0.5) is 0 Å². The number of esters is 1. The molecule has 0 bridgehead atoms. The fourth-order valence-electron chi connectivity index (χ4n) is 1.25. The first kappa shape index (κ1) is 11.3. The second-order valence-corrected chi connectivity index (χ2v) is 3.57. The number of halogens is 2. The molecule has 0 amide bonds. The fourth-order valence-corrected chi connectivity index (χ4v) is 1.77. The summed E-state index contributed by atoms with van der Waals surface area (Å²) in [6.07, 6.45) is 0. The van der Waals surface area contributed by atoms with Crippen LogP contribution >= 0.6 is 23.2 Å². The molecule has 0 aromatic heterocycles. The van der Waals surface area contributed by atoms with E-state index < -0.39 is 5.97 Å². The lowest BCUT2D eigenvalue weighted by molar-refractivity contribution is 0.0600. The number of rotatable bonds is 2. The smallest absolute Gasteiger partial charge is 0.339 e. The van der Waals surface area contributed by atoms with Crippen LogP contribution < -0.4 is 0 Å². The molecule has 0 saturated heterocycles. The van der Waals surface area contributed by atoms with Crippen molar-refractivity contribution in [3.63, 3.8) is 0 Å². The molecular formula is C10H10Cl2O2. The zero-order valence-corrected chi connectivity index (χ0v) is 9.45. The first-order valence-electron chi connectivity index (χ1n) is 4.03. The predicted molar refractivity (Wildman–Crippen MR) is 57.1 cm³/mol. The zero-order valence-electron chi connectivity index (χ0n) is 7.93. The molecule has 4 heteroatoms. The van der Waals surface area contributed by atoms with Crippen molar-refractivity contribution in [2.75, 3.05) is 7.11 Å². The Morgan fingerprint density at radius 2 is 2.14 bits per heavy atom. The summed E-state index contributed by atoms with van der Waals surface area (Å²) in [5.74, 6) is -0.0456. The maximum atomic E-state index is 11.3. The van der Waals surface area contributed by atoms with Gasteiger partial charge in [0, 0.05) is 5.88 Å². The maximum absolute atomic E-state index is 11.3. The minimum atomic E-state index is -0.423. The standard InChI is InChI=1S/C10H10Cl2O2/c1-6-3-7(5-11)4-8(12)9(6)10(13)14-2/h3-4H,5H2,1-2H3. The van der Waals surface area contributed by atoms with Crippen molar-refractivity contribution in [1.29, 1.82) is 0 Å². The molecule has 76 valence electrons. The third kappa shape index (κ3) is 2.20. The average Bonchev–Trinajstić information content (AvgIpc) is 2.16. The van der Waals surface area contributed by atoms with E-state index in [1.54, 1.807) is 13.0 Å². The van der Waals surface area contributed by atoms with Gasteiger partial charge in [-0.15, -0.1) is 11.6 Å². The Morgan fingerprint density at radius 3 is 2.57 bits per heavy atom. The van der Waals surface area contributed by atoms with Crippen LogP contribution in [0.25, 0.3) is 0 Å². The Morgan fingerprint density at radius 1 is 1.50 bits per heavy atom. The first-order valence-corrected chi connectivity index (χ1v) is 4.94. The van der Waals surface area contributed by atoms with E-state index in [0.717, 1.165) is 11.1 Å². The highest BCUT2D eigenvalue weighted by atomic mass is 35.5. The average molecular weight is 233 g/mol. The molecule has 0 fully saturated rings. The number of ether oxygens (including phenoxy) is 1. The molecule has 14 heavy (non-hydrogen) atoms. The van der Waals surface area contributed by atoms with E-state index >= 15 is 0 Å². The molecule has 0 spiro atoms. The van der Waals surface area contributed by atoms with Gasteiger partial charge in [-0.25, -0.2) is 4.79 Å². The van der Waals surface area contributed by atoms with Crippen LogP contribution in [-0.2, 0) is 10.6 Å². The summed E-state index contributed by atoms with van der Waals surface area (Å²) in [6.45, 7) is 1.80. The number of hydrogen-bond donors (Lipinski definition) is 0. The normalized spacial score (nSPS) is 10.0. The minimum Gasteiger partial charge on any atom is -0.465 e. The molecule has 2 nitrogen and oxygen atoms in total. The molecule has 0 aliphatic heterocycles. The highest BCUT2D eigenvalue weighted by molar-refractivity contribution is 6.34. The van der Waals surface area contributed by atoms with E-state index in [4.69, 9.17) is 23.2 Å². The molecule has 0 heterocycles. The molecule has 0 N–H and O–H groups in total. The van der Waals surface area contributed by atoms with Gasteiger partial charge in [0.15, 0.2) is 0 Å². The van der Waals surface area contributed by atoms with Crippen molar-refractivity contribution in [3.05, 3.63) is 33.8 Å². The molecule has 0 saturated carbocycles. The summed E-state index contributed by atoms with van der Waals surface area (Å²) in [5, 5.41) is 0.382. The Hall–Kier alpha value is -0.730. The van der Waals surface area contributed by atoms with Crippen LogP contribution in [0.1, 0.15) is 21.5 Å². The Bertz CT molecular complexity index is 338. The maximum Gasteiger partial charge on any atom is 0.339 e. The monoisotopic (exact) mass is 232 g/mol. The lowest BCUT2D eigenvalue weighted by Gasteiger charge is -2.07. The van der Waals surface area contributed by atoms with Gasteiger partial charge in [-0.1, -0.05) is 17.7 Å². The summed E-state index contributed by atoms with van der Waals surface area (Å²) in [6, 6.07) is 3.50. The van der Waals surface area contributed by atoms with E-state index in [-0.39, 0.29) is 0 Å². The minimum absolute atomic E-state index is 0.377. The molecule has 0 atom stereocenters. The van der Waals surface area contributed by atoms with Crippen molar-refractivity contribution in [1.82, 2.24) is 0 Å². The van der Waals surface area contributed by atoms with Crippen molar-refractivity contribution in [2.45, 2.75) is 12.8 Å². The van der Waals surface area contributed by atoms with Crippen LogP contribution in [0.5, 0.6) is 0 Å². The number of carbonyl (C=O) groups is 1. The van der Waals surface area contributed by atoms with Gasteiger partial charge in [0.2, 0.25) is 0 Å². The van der Waals surface area contributed by atoms with Crippen molar-refractivity contribution in [2.24, 2.45) is 0 Å². The summed E-state index contributed by atoms with van der Waals surface area (Å²) >= 11 is 11.6. The molecule has 1 aromatic carbocycles. The van der Waals surface area contributed by atoms with Crippen molar-refractivity contribution >= 4 is 29.2 Å². The van der Waals surface area contributed by atoms with Crippen LogP contribution in [-0.4, -0.2) is 13.1 Å². The van der Waals surface area contributed by atoms with Gasteiger partial charge in [0.05, 0.1) is 17.7 Å². The second kappa shape index (κ2) is 4.67. The van der Waals surface area contributed by atoms with Crippen LogP contribution in [0, 0.1) is 6.92 Å². The number of carbonyl (C=O) groups excluding carboxylic acids is 1. The largest absolute Gasteiger partial charge is 0.465 e. The quantitative estimate of drug-likeness (QED) is 0.579. The van der Waals surface area contributed by atoms with Gasteiger partial charge in [-0.3, -0.25) is 0 Å². The van der Waals surface area contributed by atoms with Crippen molar-refractivity contribution < 1.29 is 9.53 Å². The lowest BCUT2D eigenvalue weighted by atomic mass is 10.1. The number of hydrogen-bond acceptors (Lipinski definition) is 2. The summed E-state index contributed by atoms with van der Waals surface area (Å²) in [7, 11) is 1.33. The van der Waals surface area contributed by atoms with E-state index in [2.05, 4.69) is 4.74 Å². The molecule has 0 radical (unpaired) electrons. The summed E-state index contributed by atoms with van der Waals surface area (Å²) in [5.41, 5.74) is 2.07. The van der Waals surface area contributed by atoms with Crippen LogP contribution in [0.2, 0.25) is 5.02 Å². The molecule has 0 aliphatic carbocycles. The SMILES string of the molecule is COC(=O)c1c(C)cc(CCl)cc1Cl. The number of benzene rings is 1. The predicted octanol–water partition coefficient (Wildman–Crippen LogP) is 3.17. The fraction of sp³-hybridized carbons (Fsp3) is 0.300. The summed E-state index contributed by atoms with van der Waals surface area (Å²) in [4.78, 5) is 11.3. The first-order chi connectivity index (χ1) is 6.60. The molecule has 0 unspecified atom stereocenters. The van der Waals surface area contributed by atoms with E-state index in [9.17, 15) is 4.79 Å². The molecular weight excluding hydrogens is 223 g/mol. The number of alkyl halides is 1. The third-order valence-electron chi connectivity index (χ3n) is 1.89. The van der Waals surface area contributed by atoms with Gasteiger partial charge in [0.25, 0.3) is 0 Å². The van der Waals surface area contributed by atoms with Gasteiger partial charge in [-0.05, 0) is 24.1 Å². The van der Waals surface area contributed by atoms with Gasteiger partial charge in [0.1, 0.15) is 0 Å². The van der Waals surface area contributed by atoms with E-state index in [1.807, 2.05) is 6.07 Å². The van der Waals surface area contributed by atoms with E-state index in [1.165, 1.54) is 7.11 Å². The summed E-state index contributed by atoms with van der Waals surface area (Å²) < 4.78 is 4.62. The number of methoxy groups -OCH3 is 1. The zero-order chi connectivity index (χ0) is 10.7. The third-order valence-corrected chi connectivity index (χ3v) is 2.50. The highest BCUT2D eigenvalue weighted by Crippen LogP contribution is 2.23.